The highest BCUT2D eigenvalue weighted by molar-refractivity contribution is 9.10. The van der Waals surface area contributed by atoms with Crippen molar-refractivity contribution in [3.05, 3.63) is 32.9 Å². The van der Waals surface area contributed by atoms with Gasteiger partial charge < -0.3 is 5.73 Å². The molecule has 0 bridgehead atoms. The SMILES string of the molecule is Cc1nc(NC(=O)c2cc(N)ncc2Br)sc1C. The van der Waals surface area contributed by atoms with Crippen molar-refractivity contribution in [1.82, 2.24) is 9.97 Å². The average Bonchev–Trinajstić information content (AvgIpc) is 2.61. The Hall–Kier alpha value is -1.47. The maximum Gasteiger partial charge on any atom is 0.258 e. The fourth-order valence-electron chi connectivity index (χ4n) is 1.32. The summed E-state index contributed by atoms with van der Waals surface area (Å²) in [7, 11) is 0. The van der Waals surface area contributed by atoms with Crippen LogP contribution in [0.2, 0.25) is 0 Å². The van der Waals surface area contributed by atoms with Crippen molar-refractivity contribution < 1.29 is 4.79 Å². The maximum atomic E-state index is 12.0. The highest BCUT2D eigenvalue weighted by atomic mass is 79.9. The van der Waals surface area contributed by atoms with Crippen molar-refractivity contribution >= 4 is 44.1 Å². The van der Waals surface area contributed by atoms with E-state index in [1.54, 1.807) is 0 Å². The highest BCUT2D eigenvalue weighted by Crippen LogP contribution is 2.23. The quantitative estimate of drug-likeness (QED) is 0.889. The van der Waals surface area contributed by atoms with E-state index >= 15 is 0 Å². The van der Waals surface area contributed by atoms with Gasteiger partial charge in [-0.1, -0.05) is 0 Å². The van der Waals surface area contributed by atoms with Gasteiger partial charge in [0.1, 0.15) is 5.82 Å². The molecule has 0 aliphatic heterocycles. The lowest BCUT2D eigenvalue weighted by Crippen LogP contribution is -2.13. The van der Waals surface area contributed by atoms with Crippen LogP contribution in [0.15, 0.2) is 16.7 Å². The van der Waals surface area contributed by atoms with Crippen molar-refractivity contribution in [3.63, 3.8) is 0 Å². The van der Waals surface area contributed by atoms with Crippen LogP contribution >= 0.6 is 27.3 Å². The topological polar surface area (TPSA) is 80.9 Å². The van der Waals surface area contributed by atoms with Gasteiger partial charge >= 0.3 is 0 Å². The molecule has 0 fully saturated rings. The van der Waals surface area contributed by atoms with E-state index in [-0.39, 0.29) is 5.91 Å². The van der Waals surface area contributed by atoms with E-state index in [9.17, 15) is 4.79 Å². The van der Waals surface area contributed by atoms with Gasteiger partial charge in [0.2, 0.25) is 0 Å². The number of nitrogen functional groups attached to an aromatic ring is 1. The van der Waals surface area contributed by atoms with Crippen molar-refractivity contribution in [2.45, 2.75) is 13.8 Å². The molecular weight excluding hydrogens is 316 g/mol. The predicted octanol–water partition coefficient (Wildman–Crippen LogP) is 2.75. The van der Waals surface area contributed by atoms with Gasteiger partial charge in [-0.2, -0.15) is 0 Å². The second-order valence-electron chi connectivity index (χ2n) is 3.70. The van der Waals surface area contributed by atoms with Crippen LogP contribution in [0.25, 0.3) is 0 Å². The summed E-state index contributed by atoms with van der Waals surface area (Å²) in [6.07, 6.45) is 1.50. The van der Waals surface area contributed by atoms with E-state index < -0.39 is 0 Å². The molecule has 2 aromatic heterocycles. The molecule has 0 saturated carbocycles. The smallest absolute Gasteiger partial charge is 0.258 e. The van der Waals surface area contributed by atoms with Gasteiger partial charge in [-0.15, -0.1) is 11.3 Å². The summed E-state index contributed by atoms with van der Waals surface area (Å²) >= 11 is 4.71. The number of rotatable bonds is 2. The van der Waals surface area contributed by atoms with Crippen LogP contribution in [0, 0.1) is 13.8 Å². The van der Waals surface area contributed by atoms with E-state index in [2.05, 4.69) is 31.2 Å². The number of halogens is 1. The molecule has 2 rings (SSSR count). The Morgan fingerprint density at radius 1 is 1.50 bits per heavy atom. The number of hydrogen-bond acceptors (Lipinski definition) is 5. The van der Waals surface area contributed by atoms with Gasteiger partial charge in [-0.25, -0.2) is 9.97 Å². The first-order chi connectivity index (χ1) is 8.47. The molecule has 0 atom stereocenters. The number of carbonyl (C=O) groups excluding carboxylic acids is 1. The number of nitrogens with one attached hydrogen (secondary N) is 1. The number of anilines is 2. The largest absolute Gasteiger partial charge is 0.384 e. The number of nitrogens with zero attached hydrogens (tertiary/aromatic N) is 2. The normalized spacial score (nSPS) is 10.4. The van der Waals surface area contributed by atoms with E-state index in [4.69, 9.17) is 5.73 Å². The molecule has 0 aromatic carbocycles. The molecule has 0 aliphatic rings. The van der Waals surface area contributed by atoms with Crippen LogP contribution in [-0.4, -0.2) is 15.9 Å². The Morgan fingerprint density at radius 3 is 2.83 bits per heavy atom. The Bertz CT molecular complexity index is 592. The number of aromatic nitrogens is 2. The van der Waals surface area contributed by atoms with Crippen molar-refractivity contribution in [3.8, 4) is 0 Å². The first kappa shape index (κ1) is 13.0. The van der Waals surface area contributed by atoms with E-state index in [0.29, 0.717) is 21.0 Å². The third-order valence-corrected chi connectivity index (χ3v) is 3.99. The zero-order chi connectivity index (χ0) is 13.3. The number of amides is 1. The van der Waals surface area contributed by atoms with Crippen LogP contribution < -0.4 is 11.1 Å². The third kappa shape index (κ3) is 2.68. The molecule has 0 saturated heterocycles. The average molecular weight is 327 g/mol. The molecule has 0 aliphatic carbocycles. The summed E-state index contributed by atoms with van der Waals surface area (Å²) in [4.78, 5) is 21.3. The standard InChI is InChI=1S/C11H11BrN4OS/c1-5-6(2)18-11(15-5)16-10(17)7-3-9(13)14-4-8(7)12/h3-4H,1-2H3,(H2,13,14)(H,15,16,17). The Morgan fingerprint density at radius 2 is 2.22 bits per heavy atom. The third-order valence-electron chi connectivity index (χ3n) is 2.37. The van der Waals surface area contributed by atoms with E-state index in [0.717, 1.165) is 10.6 Å². The molecular formula is C11H11BrN4OS. The fraction of sp³-hybridized carbons (Fsp3) is 0.182. The summed E-state index contributed by atoms with van der Waals surface area (Å²) in [5.41, 5.74) is 6.92. The molecule has 3 N–H and O–H groups in total. The van der Waals surface area contributed by atoms with E-state index in [1.807, 2.05) is 13.8 Å². The van der Waals surface area contributed by atoms with Gasteiger partial charge in [0.25, 0.3) is 5.91 Å². The fourth-order valence-corrected chi connectivity index (χ4v) is 2.53. The Labute approximate surface area is 117 Å². The van der Waals surface area contributed by atoms with Crippen LogP contribution in [0.1, 0.15) is 20.9 Å². The number of nitrogens with two attached hydrogens (primary N) is 1. The number of thiazole rings is 1. The van der Waals surface area contributed by atoms with Gasteiger partial charge in [0.05, 0.1) is 11.3 Å². The molecule has 94 valence electrons. The lowest BCUT2D eigenvalue weighted by Gasteiger charge is -2.04. The zero-order valence-corrected chi connectivity index (χ0v) is 12.2. The number of hydrogen-bond donors (Lipinski definition) is 2. The summed E-state index contributed by atoms with van der Waals surface area (Å²) in [6.45, 7) is 3.87. The molecule has 2 aromatic rings. The van der Waals surface area contributed by atoms with Crippen molar-refractivity contribution in [2.75, 3.05) is 11.1 Å². The van der Waals surface area contributed by atoms with Crippen LogP contribution in [0.3, 0.4) is 0 Å². The minimum absolute atomic E-state index is 0.260. The molecule has 0 unspecified atom stereocenters. The lowest BCUT2D eigenvalue weighted by atomic mass is 10.2. The van der Waals surface area contributed by atoms with Crippen molar-refractivity contribution in [1.29, 1.82) is 0 Å². The van der Waals surface area contributed by atoms with Gasteiger partial charge in [0.15, 0.2) is 5.13 Å². The van der Waals surface area contributed by atoms with Gasteiger partial charge in [-0.3, -0.25) is 10.1 Å². The molecule has 0 spiro atoms. The monoisotopic (exact) mass is 326 g/mol. The maximum absolute atomic E-state index is 12.0. The summed E-state index contributed by atoms with van der Waals surface area (Å²) < 4.78 is 0.596. The molecule has 18 heavy (non-hydrogen) atoms. The Kier molecular flexibility index (Phi) is 3.63. The Balaban J connectivity index is 2.24. The molecule has 7 heteroatoms. The lowest BCUT2D eigenvalue weighted by molar-refractivity contribution is 0.102. The summed E-state index contributed by atoms with van der Waals surface area (Å²) in [6, 6.07) is 1.52. The van der Waals surface area contributed by atoms with Crippen LogP contribution in [0.4, 0.5) is 10.9 Å². The zero-order valence-electron chi connectivity index (χ0n) is 9.82. The summed E-state index contributed by atoms with van der Waals surface area (Å²) in [5.74, 6) is 0.0413. The molecule has 2 heterocycles. The van der Waals surface area contributed by atoms with Gasteiger partial charge in [-0.05, 0) is 35.8 Å². The van der Waals surface area contributed by atoms with Crippen LogP contribution in [0.5, 0.6) is 0 Å². The molecule has 5 nitrogen and oxygen atoms in total. The van der Waals surface area contributed by atoms with E-state index in [1.165, 1.54) is 23.6 Å². The number of carbonyl (C=O) groups is 1. The second-order valence-corrected chi connectivity index (χ2v) is 5.76. The first-order valence-electron chi connectivity index (χ1n) is 5.14. The molecule has 1 amide bonds. The van der Waals surface area contributed by atoms with Crippen molar-refractivity contribution in [2.24, 2.45) is 0 Å². The summed E-state index contributed by atoms with van der Waals surface area (Å²) in [5, 5.41) is 3.32. The number of pyridine rings is 1. The van der Waals surface area contributed by atoms with Crippen LogP contribution in [-0.2, 0) is 0 Å². The first-order valence-corrected chi connectivity index (χ1v) is 6.74. The second kappa shape index (κ2) is 5.03. The number of aryl methyl sites for hydroxylation is 2. The highest BCUT2D eigenvalue weighted by Gasteiger charge is 2.13. The van der Waals surface area contributed by atoms with Gasteiger partial charge in [0, 0.05) is 15.5 Å². The minimum Gasteiger partial charge on any atom is -0.384 e. The minimum atomic E-state index is -0.260. The molecule has 0 radical (unpaired) electrons. The predicted molar refractivity (Wildman–Crippen MR) is 75.9 cm³/mol.